The van der Waals surface area contributed by atoms with E-state index in [1.165, 1.54) is 7.11 Å². The van der Waals surface area contributed by atoms with Crippen molar-refractivity contribution in [2.45, 2.75) is 77.4 Å². The Balaban J connectivity index is 2.78. The van der Waals surface area contributed by atoms with E-state index in [9.17, 15) is 14.7 Å². The molecule has 2 N–H and O–H groups in total. The molecule has 8 nitrogen and oxygen atoms in total. The van der Waals surface area contributed by atoms with Crippen LogP contribution in [0.2, 0.25) is 0 Å². The zero-order chi connectivity index (χ0) is 22.2. The summed E-state index contributed by atoms with van der Waals surface area (Å²) in [6.45, 7) is 9.72. The van der Waals surface area contributed by atoms with Gasteiger partial charge in [0.05, 0.1) is 32.0 Å². The molecule has 0 radical (unpaired) electrons. The summed E-state index contributed by atoms with van der Waals surface area (Å²) in [4.78, 5) is 23.7. The van der Waals surface area contributed by atoms with Crippen LogP contribution in [0.4, 0.5) is 0 Å². The first-order valence-electron chi connectivity index (χ1n) is 10.0. The van der Waals surface area contributed by atoms with Crippen molar-refractivity contribution in [2.24, 2.45) is 5.92 Å². The highest BCUT2D eigenvalue weighted by Crippen LogP contribution is 2.38. The van der Waals surface area contributed by atoms with E-state index >= 15 is 0 Å². The van der Waals surface area contributed by atoms with Crippen molar-refractivity contribution >= 4 is 11.9 Å². The largest absolute Gasteiger partial charge is 0.468 e. The molecule has 0 aromatic rings. The molecule has 168 valence electrons. The number of aliphatic hydroxyl groups is 1. The number of hydrogen-bond acceptors (Lipinski definition) is 8. The number of ether oxygens (including phenoxy) is 4. The maximum Gasteiger partial charge on any atom is 0.322 e. The average molecular weight is 416 g/mol. The summed E-state index contributed by atoms with van der Waals surface area (Å²) in [5.41, 5.74) is 0.461. The van der Waals surface area contributed by atoms with Crippen LogP contribution in [0, 0.1) is 5.92 Å². The van der Waals surface area contributed by atoms with Crippen LogP contribution in [-0.4, -0.2) is 74.4 Å². The Labute approximate surface area is 173 Å². The van der Waals surface area contributed by atoms with E-state index in [0.717, 1.165) is 5.57 Å². The summed E-state index contributed by atoms with van der Waals surface area (Å²) >= 11 is 0. The van der Waals surface area contributed by atoms with E-state index in [2.05, 4.69) is 10.1 Å². The summed E-state index contributed by atoms with van der Waals surface area (Å²) in [6.07, 6.45) is 1.28. The predicted octanol–water partition coefficient (Wildman–Crippen LogP) is 1.60. The van der Waals surface area contributed by atoms with Gasteiger partial charge in [-0.3, -0.25) is 14.9 Å². The smallest absolute Gasteiger partial charge is 0.322 e. The van der Waals surface area contributed by atoms with Gasteiger partial charge in [-0.1, -0.05) is 11.6 Å². The Hall–Kier alpha value is -1.48. The fourth-order valence-electron chi connectivity index (χ4n) is 3.64. The zero-order valence-corrected chi connectivity index (χ0v) is 18.7. The predicted molar refractivity (Wildman–Crippen MR) is 108 cm³/mol. The molecule has 0 heterocycles. The molecule has 0 spiro atoms. The number of carbonyl (C=O) groups is 2. The van der Waals surface area contributed by atoms with Gasteiger partial charge in [-0.2, -0.15) is 0 Å². The number of carbonyl (C=O) groups excluding carboxylic acids is 2. The number of methoxy groups -OCH3 is 2. The van der Waals surface area contributed by atoms with Gasteiger partial charge in [0.1, 0.15) is 18.2 Å². The fourth-order valence-corrected chi connectivity index (χ4v) is 3.64. The standard InChI is InChI=1S/C21H37NO7/c1-13(2)10-11-28-21(4,5)18-15(23)8-9-16(19(18)26-6)29-17(24)12-22-14(3)20(25)27-7/h10,14-16,18-19,22-23H,8-9,11-12H2,1-7H3/t14?,15-,16-,18-,19-/m1/s1. The Morgan fingerprint density at radius 1 is 1.24 bits per heavy atom. The van der Waals surface area contributed by atoms with Crippen molar-refractivity contribution < 1.29 is 33.6 Å². The van der Waals surface area contributed by atoms with E-state index in [0.29, 0.717) is 19.4 Å². The summed E-state index contributed by atoms with van der Waals surface area (Å²) < 4.78 is 21.9. The highest BCUT2D eigenvalue weighted by molar-refractivity contribution is 5.77. The molecule has 1 aliphatic carbocycles. The first-order valence-corrected chi connectivity index (χ1v) is 10.0. The third kappa shape index (κ3) is 7.70. The normalized spacial score (nSPS) is 25.8. The van der Waals surface area contributed by atoms with Crippen LogP contribution in [0.15, 0.2) is 11.6 Å². The molecule has 0 aromatic carbocycles. The lowest BCUT2D eigenvalue weighted by molar-refractivity contribution is -0.199. The molecule has 1 saturated carbocycles. The van der Waals surface area contributed by atoms with Gasteiger partial charge in [0.2, 0.25) is 0 Å². The number of aliphatic hydroxyl groups excluding tert-OH is 1. The summed E-state index contributed by atoms with van der Waals surface area (Å²) in [5.74, 6) is -1.32. The van der Waals surface area contributed by atoms with E-state index in [4.69, 9.17) is 14.2 Å². The molecule has 1 rings (SSSR count). The minimum Gasteiger partial charge on any atom is -0.468 e. The Morgan fingerprint density at radius 2 is 1.90 bits per heavy atom. The molecule has 29 heavy (non-hydrogen) atoms. The lowest BCUT2D eigenvalue weighted by Gasteiger charge is -2.46. The molecule has 8 heteroatoms. The SMILES string of the molecule is COC(=O)C(C)NCC(=O)O[C@@H]1CC[C@@H](O)[C@@H](C(C)(C)OCC=C(C)C)[C@@H]1OC. The molecule has 0 amide bonds. The van der Waals surface area contributed by atoms with Crippen molar-refractivity contribution in [3.05, 3.63) is 11.6 Å². The topological polar surface area (TPSA) is 103 Å². The second kappa shape index (κ2) is 11.6. The summed E-state index contributed by atoms with van der Waals surface area (Å²) in [6, 6.07) is -0.617. The van der Waals surface area contributed by atoms with E-state index in [-0.39, 0.29) is 12.5 Å². The van der Waals surface area contributed by atoms with Gasteiger partial charge in [0, 0.05) is 13.0 Å². The molecule has 5 atom stereocenters. The minimum atomic E-state index is -0.686. The maximum absolute atomic E-state index is 12.3. The van der Waals surface area contributed by atoms with Gasteiger partial charge in [-0.05, 0) is 47.5 Å². The van der Waals surface area contributed by atoms with Crippen molar-refractivity contribution in [1.29, 1.82) is 0 Å². The number of rotatable bonds is 10. The molecular formula is C21H37NO7. The van der Waals surface area contributed by atoms with Crippen molar-refractivity contribution in [3.8, 4) is 0 Å². The molecule has 0 bridgehead atoms. The molecular weight excluding hydrogens is 378 g/mol. The number of allylic oxidation sites excluding steroid dienone is 1. The van der Waals surface area contributed by atoms with Crippen molar-refractivity contribution in [1.82, 2.24) is 5.32 Å². The average Bonchev–Trinajstić information content (AvgIpc) is 2.65. The van der Waals surface area contributed by atoms with Crippen LogP contribution < -0.4 is 5.32 Å². The van der Waals surface area contributed by atoms with Crippen LogP contribution in [0.25, 0.3) is 0 Å². The molecule has 1 aliphatic rings. The van der Waals surface area contributed by atoms with E-state index in [1.807, 2.05) is 33.8 Å². The van der Waals surface area contributed by atoms with Crippen molar-refractivity contribution in [2.75, 3.05) is 27.4 Å². The van der Waals surface area contributed by atoms with Gasteiger partial charge in [0.15, 0.2) is 0 Å². The number of esters is 2. The van der Waals surface area contributed by atoms with Gasteiger partial charge >= 0.3 is 11.9 Å². The lowest BCUT2D eigenvalue weighted by atomic mass is 9.73. The Bertz CT molecular complexity index is 571. The molecule has 1 unspecified atom stereocenters. The molecule has 0 aromatic heterocycles. The second-order valence-electron chi connectivity index (χ2n) is 8.22. The van der Waals surface area contributed by atoms with E-state index < -0.39 is 41.9 Å². The summed E-state index contributed by atoms with van der Waals surface area (Å²) in [5, 5.41) is 13.4. The Kier molecular flexibility index (Phi) is 10.3. The zero-order valence-electron chi connectivity index (χ0n) is 18.7. The van der Waals surface area contributed by atoms with Gasteiger partial charge < -0.3 is 24.1 Å². The minimum absolute atomic E-state index is 0.128. The molecule has 1 fully saturated rings. The first kappa shape index (κ1) is 25.6. The third-order valence-corrected chi connectivity index (χ3v) is 5.29. The van der Waals surface area contributed by atoms with Crippen LogP contribution in [-0.2, 0) is 28.5 Å². The summed E-state index contributed by atoms with van der Waals surface area (Å²) in [7, 11) is 2.83. The number of nitrogens with one attached hydrogen (secondary N) is 1. The van der Waals surface area contributed by atoms with Crippen LogP contribution in [0.5, 0.6) is 0 Å². The highest BCUT2D eigenvalue weighted by atomic mass is 16.6. The van der Waals surface area contributed by atoms with Gasteiger partial charge in [-0.25, -0.2) is 0 Å². The van der Waals surface area contributed by atoms with Crippen LogP contribution in [0.3, 0.4) is 0 Å². The second-order valence-corrected chi connectivity index (χ2v) is 8.22. The van der Waals surface area contributed by atoms with Gasteiger partial charge in [-0.15, -0.1) is 0 Å². The third-order valence-electron chi connectivity index (χ3n) is 5.29. The molecule has 0 saturated heterocycles. The lowest BCUT2D eigenvalue weighted by Crippen LogP contribution is -2.57. The Morgan fingerprint density at radius 3 is 2.45 bits per heavy atom. The fraction of sp³-hybridized carbons (Fsp3) is 0.810. The van der Waals surface area contributed by atoms with E-state index in [1.54, 1.807) is 14.0 Å². The van der Waals surface area contributed by atoms with Crippen LogP contribution >= 0.6 is 0 Å². The highest BCUT2D eigenvalue weighted by Gasteiger charge is 2.49. The number of hydrogen-bond donors (Lipinski definition) is 2. The molecule has 0 aliphatic heterocycles. The van der Waals surface area contributed by atoms with Crippen LogP contribution in [0.1, 0.15) is 47.5 Å². The first-order chi connectivity index (χ1) is 13.5. The quantitative estimate of drug-likeness (QED) is 0.410. The van der Waals surface area contributed by atoms with Crippen molar-refractivity contribution in [3.63, 3.8) is 0 Å². The van der Waals surface area contributed by atoms with Gasteiger partial charge in [0.25, 0.3) is 0 Å². The maximum atomic E-state index is 12.3. The monoisotopic (exact) mass is 415 g/mol.